The lowest BCUT2D eigenvalue weighted by molar-refractivity contribution is 0.294. The summed E-state index contributed by atoms with van der Waals surface area (Å²) < 4.78 is 0. The van der Waals surface area contributed by atoms with E-state index in [0.717, 1.165) is 41.4 Å². The van der Waals surface area contributed by atoms with Crippen LogP contribution in [0.3, 0.4) is 0 Å². The first-order valence-corrected chi connectivity index (χ1v) is 9.24. The van der Waals surface area contributed by atoms with Crippen molar-refractivity contribution in [2.75, 3.05) is 0 Å². The second kappa shape index (κ2) is 5.50. The number of fused-ring (bicyclic) bond motifs is 1. The molecule has 0 aliphatic heterocycles. The summed E-state index contributed by atoms with van der Waals surface area (Å²) in [5.41, 5.74) is 3.75. The van der Waals surface area contributed by atoms with Crippen LogP contribution >= 0.6 is 0 Å². The van der Waals surface area contributed by atoms with Crippen molar-refractivity contribution in [3.8, 4) is 0 Å². The Labute approximate surface area is 126 Å². The van der Waals surface area contributed by atoms with Gasteiger partial charge in [0, 0.05) is 5.92 Å². The Morgan fingerprint density at radius 3 is 2.10 bits per heavy atom. The third-order valence-corrected chi connectivity index (χ3v) is 6.45. The van der Waals surface area contributed by atoms with Crippen molar-refractivity contribution in [3.05, 3.63) is 11.1 Å². The maximum Gasteiger partial charge on any atom is 0.00535 e. The molecule has 0 radical (unpaired) electrons. The zero-order chi connectivity index (χ0) is 14.4. The van der Waals surface area contributed by atoms with Crippen LogP contribution < -0.4 is 0 Å². The van der Waals surface area contributed by atoms with E-state index in [-0.39, 0.29) is 0 Å². The van der Waals surface area contributed by atoms with Gasteiger partial charge in [0.05, 0.1) is 0 Å². The van der Waals surface area contributed by atoms with Crippen molar-refractivity contribution in [2.45, 2.75) is 73.1 Å². The van der Waals surface area contributed by atoms with Gasteiger partial charge >= 0.3 is 0 Å². The molecule has 0 aromatic heterocycles. The Balaban J connectivity index is 1.38. The van der Waals surface area contributed by atoms with E-state index >= 15 is 0 Å². The van der Waals surface area contributed by atoms with Crippen molar-refractivity contribution in [1.82, 2.24) is 0 Å². The first kappa shape index (κ1) is 14.7. The minimum absolute atomic E-state index is 0.923. The molecule has 7 atom stereocenters. The van der Waals surface area contributed by atoms with Gasteiger partial charge in [-0.15, -0.1) is 0 Å². The number of rotatable bonds is 9. The predicted molar refractivity (Wildman–Crippen MR) is 87.5 cm³/mol. The molecule has 0 heteroatoms. The highest BCUT2D eigenvalue weighted by molar-refractivity contribution is 5.56. The van der Waals surface area contributed by atoms with Crippen LogP contribution in [-0.2, 0) is 0 Å². The molecule has 0 nitrogen and oxygen atoms in total. The SMILES string of the molecule is CCC(CC(C)CC(C)CC(C)C1CC1C)C1=C2CC21. The van der Waals surface area contributed by atoms with Crippen molar-refractivity contribution in [3.63, 3.8) is 0 Å². The van der Waals surface area contributed by atoms with Gasteiger partial charge in [-0.3, -0.25) is 0 Å². The van der Waals surface area contributed by atoms with Crippen LogP contribution in [-0.4, -0.2) is 0 Å². The summed E-state index contributed by atoms with van der Waals surface area (Å²) >= 11 is 0. The highest BCUT2D eigenvalue weighted by atomic mass is 14.6. The zero-order valence-corrected chi connectivity index (χ0v) is 14.3. The summed E-state index contributed by atoms with van der Waals surface area (Å²) in [4.78, 5) is 0. The molecule has 3 aliphatic rings. The predicted octanol–water partition coefficient (Wildman–Crippen LogP) is 6.08. The van der Waals surface area contributed by atoms with Gasteiger partial charge in [0.1, 0.15) is 0 Å². The molecule has 2 saturated carbocycles. The Morgan fingerprint density at radius 1 is 1.05 bits per heavy atom. The lowest BCUT2D eigenvalue weighted by Gasteiger charge is -2.24. The molecular weight excluding hydrogens is 240 g/mol. The van der Waals surface area contributed by atoms with Gasteiger partial charge < -0.3 is 0 Å². The van der Waals surface area contributed by atoms with E-state index in [1.165, 1.54) is 38.5 Å². The number of allylic oxidation sites excluding steroid dienone is 2. The molecular formula is C20H34. The van der Waals surface area contributed by atoms with Crippen LogP contribution in [0.1, 0.15) is 73.1 Å². The van der Waals surface area contributed by atoms with Gasteiger partial charge in [-0.05, 0) is 74.0 Å². The molecule has 3 rings (SSSR count). The Morgan fingerprint density at radius 2 is 1.65 bits per heavy atom. The van der Waals surface area contributed by atoms with Crippen molar-refractivity contribution < 1.29 is 0 Å². The molecule has 7 unspecified atom stereocenters. The van der Waals surface area contributed by atoms with E-state index in [2.05, 4.69) is 34.6 Å². The van der Waals surface area contributed by atoms with E-state index in [9.17, 15) is 0 Å². The van der Waals surface area contributed by atoms with Gasteiger partial charge in [-0.25, -0.2) is 0 Å². The molecule has 114 valence electrons. The fourth-order valence-electron chi connectivity index (χ4n) is 4.98. The maximum atomic E-state index is 2.50. The van der Waals surface area contributed by atoms with Crippen LogP contribution in [0.25, 0.3) is 0 Å². The first-order chi connectivity index (χ1) is 9.51. The normalized spacial score (nSPS) is 36.1. The first-order valence-electron chi connectivity index (χ1n) is 9.24. The van der Waals surface area contributed by atoms with Gasteiger partial charge in [0.15, 0.2) is 0 Å². The smallest absolute Gasteiger partial charge is 0.00535 e. The fraction of sp³-hybridized carbons (Fsp3) is 0.900. The Bertz CT molecular complexity index is 391. The summed E-state index contributed by atoms with van der Waals surface area (Å²) in [6.07, 6.45) is 8.73. The lowest BCUT2D eigenvalue weighted by atomic mass is 9.82. The monoisotopic (exact) mass is 274 g/mol. The zero-order valence-electron chi connectivity index (χ0n) is 14.3. The van der Waals surface area contributed by atoms with Crippen LogP contribution in [0.4, 0.5) is 0 Å². The van der Waals surface area contributed by atoms with Gasteiger partial charge in [0.2, 0.25) is 0 Å². The summed E-state index contributed by atoms with van der Waals surface area (Å²) in [7, 11) is 0. The third-order valence-electron chi connectivity index (χ3n) is 6.45. The van der Waals surface area contributed by atoms with Crippen LogP contribution in [0.5, 0.6) is 0 Å². The van der Waals surface area contributed by atoms with Gasteiger partial charge in [-0.2, -0.15) is 0 Å². The molecule has 0 saturated heterocycles. The molecule has 0 spiro atoms. The van der Waals surface area contributed by atoms with Crippen LogP contribution in [0.15, 0.2) is 11.1 Å². The van der Waals surface area contributed by atoms with Gasteiger partial charge in [0.25, 0.3) is 0 Å². The van der Waals surface area contributed by atoms with Crippen LogP contribution in [0.2, 0.25) is 0 Å². The standard InChI is InChI=1S/C20H34/c1-6-16(20-18-11-19(18)20)9-13(3)7-12(2)8-14(4)17-10-15(17)5/h12-18H,6-11H2,1-5H3. The molecule has 0 aromatic carbocycles. The second-order valence-corrected chi connectivity index (χ2v) is 8.61. The molecule has 0 heterocycles. The molecule has 0 aromatic rings. The van der Waals surface area contributed by atoms with Crippen LogP contribution in [0, 0.1) is 41.4 Å². The number of hydrogen-bond donors (Lipinski definition) is 0. The molecule has 0 N–H and O–H groups in total. The highest BCUT2D eigenvalue weighted by Crippen LogP contribution is 2.65. The molecule has 2 fully saturated rings. The van der Waals surface area contributed by atoms with Crippen molar-refractivity contribution in [2.24, 2.45) is 41.4 Å². The summed E-state index contributed by atoms with van der Waals surface area (Å²) in [5.74, 6) is 6.88. The average Bonchev–Trinajstić information content (AvgIpc) is 3.20. The van der Waals surface area contributed by atoms with Gasteiger partial charge in [-0.1, -0.05) is 45.8 Å². The minimum Gasteiger partial charge on any atom is -0.0648 e. The quantitative estimate of drug-likeness (QED) is 0.447. The minimum atomic E-state index is 0.923. The van der Waals surface area contributed by atoms with E-state index in [1.54, 1.807) is 0 Å². The molecule has 20 heavy (non-hydrogen) atoms. The highest BCUT2D eigenvalue weighted by Gasteiger charge is 2.52. The summed E-state index contributed by atoms with van der Waals surface area (Å²) in [6.45, 7) is 12.3. The fourth-order valence-corrected chi connectivity index (χ4v) is 4.98. The van der Waals surface area contributed by atoms with E-state index in [1.807, 2.05) is 11.1 Å². The molecule has 0 bridgehead atoms. The maximum absolute atomic E-state index is 2.50. The van der Waals surface area contributed by atoms with Crippen molar-refractivity contribution >= 4 is 0 Å². The average molecular weight is 274 g/mol. The molecule has 0 amide bonds. The van der Waals surface area contributed by atoms with E-state index in [0.29, 0.717) is 0 Å². The van der Waals surface area contributed by atoms with Crippen molar-refractivity contribution in [1.29, 1.82) is 0 Å². The Kier molecular flexibility index (Phi) is 4.04. The second-order valence-electron chi connectivity index (χ2n) is 8.61. The third kappa shape index (κ3) is 3.15. The van der Waals surface area contributed by atoms with E-state index in [4.69, 9.17) is 0 Å². The Hall–Kier alpha value is -0.260. The number of hydrogen-bond acceptors (Lipinski definition) is 0. The molecule has 3 aliphatic carbocycles. The summed E-state index contributed by atoms with van der Waals surface area (Å²) in [6, 6.07) is 0. The lowest BCUT2D eigenvalue weighted by Crippen LogP contribution is -2.13. The topological polar surface area (TPSA) is 0 Å². The largest absolute Gasteiger partial charge is 0.0648 e. The summed E-state index contributed by atoms with van der Waals surface area (Å²) in [5, 5.41) is 0. The van der Waals surface area contributed by atoms with E-state index < -0.39 is 0 Å².